The van der Waals surface area contributed by atoms with Crippen LogP contribution in [-0.4, -0.2) is 35.7 Å². The Labute approximate surface area is 134 Å². The molecule has 1 aromatic carbocycles. The van der Waals surface area contributed by atoms with Crippen molar-refractivity contribution >= 4 is 11.7 Å². The van der Waals surface area contributed by atoms with E-state index < -0.39 is 0 Å². The number of benzene rings is 1. The Bertz CT molecular complexity index is 704. The van der Waals surface area contributed by atoms with Crippen molar-refractivity contribution in [2.75, 3.05) is 25.0 Å². The number of aryl methyl sites for hydroxylation is 1. The monoisotopic (exact) mass is 317 g/mol. The van der Waals surface area contributed by atoms with Crippen LogP contribution in [0, 0.1) is 12.7 Å². The third kappa shape index (κ3) is 4.04. The summed E-state index contributed by atoms with van der Waals surface area (Å²) in [6, 6.07) is 8.24. The molecule has 23 heavy (non-hydrogen) atoms. The maximum absolute atomic E-state index is 13.7. The van der Waals surface area contributed by atoms with Gasteiger partial charge in [0.05, 0.1) is 17.9 Å². The van der Waals surface area contributed by atoms with Crippen molar-refractivity contribution in [1.82, 2.24) is 10.3 Å². The second-order valence-corrected chi connectivity index (χ2v) is 5.07. The van der Waals surface area contributed by atoms with Crippen molar-refractivity contribution in [2.24, 2.45) is 0 Å². The quantitative estimate of drug-likeness (QED) is 0.764. The SMILES string of the molecule is CCNc1nc(-c2ccc(C)c(F)c2)ccc1C(=O)NCCO. The maximum Gasteiger partial charge on any atom is 0.255 e. The molecular weight excluding hydrogens is 297 g/mol. The molecular formula is C17H20FN3O2. The molecule has 1 heterocycles. The lowest BCUT2D eigenvalue weighted by molar-refractivity contribution is 0.0945. The van der Waals surface area contributed by atoms with Crippen LogP contribution in [0.2, 0.25) is 0 Å². The number of carbonyl (C=O) groups excluding carboxylic acids is 1. The molecule has 6 heteroatoms. The zero-order valence-electron chi connectivity index (χ0n) is 13.2. The number of aliphatic hydroxyl groups is 1. The van der Waals surface area contributed by atoms with E-state index in [1.807, 2.05) is 6.92 Å². The lowest BCUT2D eigenvalue weighted by Crippen LogP contribution is -2.27. The number of anilines is 1. The molecule has 0 atom stereocenters. The first-order valence-electron chi connectivity index (χ1n) is 7.47. The van der Waals surface area contributed by atoms with Crippen molar-refractivity contribution in [3.05, 3.63) is 47.3 Å². The summed E-state index contributed by atoms with van der Waals surface area (Å²) in [4.78, 5) is 16.5. The summed E-state index contributed by atoms with van der Waals surface area (Å²) in [5, 5.41) is 14.4. The number of halogens is 1. The molecule has 0 radical (unpaired) electrons. The van der Waals surface area contributed by atoms with Gasteiger partial charge < -0.3 is 15.7 Å². The average Bonchev–Trinajstić information content (AvgIpc) is 2.55. The molecule has 5 nitrogen and oxygen atoms in total. The molecule has 0 fully saturated rings. The van der Waals surface area contributed by atoms with E-state index >= 15 is 0 Å². The fraction of sp³-hybridized carbons (Fsp3) is 0.294. The third-order valence-electron chi connectivity index (χ3n) is 3.35. The van der Waals surface area contributed by atoms with Crippen LogP contribution in [0.1, 0.15) is 22.8 Å². The Kier molecular flexibility index (Phi) is 5.65. The van der Waals surface area contributed by atoms with Crippen molar-refractivity contribution in [2.45, 2.75) is 13.8 Å². The zero-order valence-corrected chi connectivity index (χ0v) is 13.2. The standard InChI is InChI=1S/C17H20FN3O2/c1-3-19-16-13(17(23)20-8-9-22)6-7-15(21-16)12-5-4-11(2)14(18)10-12/h4-7,10,22H,3,8-9H2,1-2H3,(H,19,21)(H,20,23). The summed E-state index contributed by atoms with van der Waals surface area (Å²) < 4.78 is 13.7. The summed E-state index contributed by atoms with van der Waals surface area (Å²) in [6.07, 6.45) is 0. The number of amides is 1. The first-order chi connectivity index (χ1) is 11.1. The van der Waals surface area contributed by atoms with Crippen molar-refractivity contribution < 1.29 is 14.3 Å². The molecule has 0 unspecified atom stereocenters. The van der Waals surface area contributed by atoms with Crippen LogP contribution in [0.15, 0.2) is 30.3 Å². The van der Waals surface area contributed by atoms with Gasteiger partial charge in [-0.1, -0.05) is 12.1 Å². The number of rotatable bonds is 6. The van der Waals surface area contributed by atoms with Crippen LogP contribution in [0.25, 0.3) is 11.3 Å². The van der Waals surface area contributed by atoms with Gasteiger partial charge in [0.2, 0.25) is 0 Å². The number of aliphatic hydroxyl groups excluding tert-OH is 1. The van der Waals surface area contributed by atoms with Gasteiger partial charge in [-0.3, -0.25) is 4.79 Å². The molecule has 0 aliphatic rings. The van der Waals surface area contributed by atoms with Crippen LogP contribution in [-0.2, 0) is 0 Å². The molecule has 2 aromatic rings. The molecule has 3 N–H and O–H groups in total. The second kappa shape index (κ2) is 7.69. The molecule has 2 rings (SSSR count). The average molecular weight is 317 g/mol. The Morgan fingerprint density at radius 3 is 2.74 bits per heavy atom. The van der Waals surface area contributed by atoms with E-state index in [0.29, 0.717) is 34.7 Å². The van der Waals surface area contributed by atoms with Crippen LogP contribution >= 0.6 is 0 Å². The Hall–Kier alpha value is -2.47. The summed E-state index contributed by atoms with van der Waals surface area (Å²) >= 11 is 0. The number of hydrogen-bond acceptors (Lipinski definition) is 4. The minimum absolute atomic E-state index is 0.129. The van der Waals surface area contributed by atoms with Gasteiger partial charge in [-0.05, 0) is 37.6 Å². The highest BCUT2D eigenvalue weighted by Gasteiger charge is 2.14. The van der Waals surface area contributed by atoms with Gasteiger partial charge >= 0.3 is 0 Å². The van der Waals surface area contributed by atoms with Crippen molar-refractivity contribution in [3.8, 4) is 11.3 Å². The third-order valence-corrected chi connectivity index (χ3v) is 3.35. The first-order valence-corrected chi connectivity index (χ1v) is 7.47. The molecule has 0 saturated heterocycles. The Balaban J connectivity index is 2.38. The van der Waals surface area contributed by atoms with E-state index in [2.05, 4.69) is 15.6 Å². The van der Waals surface area contributed by atoms with Crippen LogP contribution in [0.3, 0.4) is 0 Å². The molecule has 0 aliphatic carbocycles. The minimum Gasteiger partial charge on any atom is -0.395 e. The van der Waals surface area contributed by atoms with Gasteiger partial charge in [-0.25, -0.2) is 9.37 Å². The predicted octanol–water partition coefficient (Wildman–Crippen LogP) is 2.35. The van der Waals surface area contributed by atoms with E-state index in [0.717, 1.165) is 0 Å². The van der Waals surface area contributed by atoms with Crippen LogP contribution in [0.4, 0.5) is 10.2 Å². The zero-order chi connectivity index (χ0) is 16.8. The van der Waals surface area contributed by atoms with Gasteiger partial charge in [-0.15, -0.1) is 0 Å². The summed E-state index contributed by atoms with van der Waals surface area (Å²) in [7, 11) is 0. The molecule has 0 bridgehead atoms. The summed E-state index contributed by atoms with van der Waals surface area (Å²) in [5.41, 5.74) is 2.19. The van der Waals surface area contributed by atoms with Gasteiger partial charge in [0.1, 0.15) is 11.6 Å². The first kappa shape index (κ1) is 16.9. The topological polar surface area (TPSA) is 74.2 Å². The van der Waals surface area contributed by atoms with Crippen LogP contribution in [0.5, 0.6) is 0 Å². The second-order valence-electron chi connectivity index (χ2n) is 5.07. The fourth-order valence-electron chi connectivity index (χ4n) is 2.12. The summed E-state index contributed by atoms with van der Waals surface area (Å²) in [6.45, 7) is 4.24. The van der Waals surface area contributed by atoms with E-state index in [4.69, 9.17) is 5.11 Å². The molecule has 0 spiro atoms. The smallest absolute Gasteiger partial charge is 0.255 e. The normalized spacial score (nSPS) is 10.4. The van der Waals surface area contributed by atoms with Crippen LogP contribution < -0.4 is 10.6 Å². The van der Waals surface area contributed by atoms with Crippen molar-refractivity contribution in [1.29, 1.82) is 0 Å². The van der Waals surface area contributed by atoms with Gasteiger partial charge in [0.25, 0.3) is 5.91 Å². The van der Waals surface area contributed by atoms with Gasteiger partial charge in [0, 0.05) is 18.7 Å². The van der Waals surface area contributed by atoms with Gasteiger partial charge in [-0.2, -0.15) is 0 Å². The van der Waals surface area contributed by atoms with E-state index in [1.54, 1.807) is 31.2 Å². The van der Waals surface area contributed by atoms with Crippen molar-refractivity contribution in [3.63, 3.8) is 0 Å². The van der Waals surface area contributed by atoms with E-state index in [9.17, 15) is 9.18 Å². The molecule has 122 valence electrons. The molecule has 0 aliphatic heterocycles. The highest BCUT2D eigenvalue weighted by molar-refractivity contribution is 5.99. The maximum atomic E-state index is 13.7. The minimum atomic E-state index is -0.316. The van der Waals surface area contributed by atoms with E-state index in [-0.39, 0.29) is 24.9 Å². The molecule has 1 aromatic heterocycles. The number of pyridine rings is 1. The number of nitrogens with one attached hydrogen (secondary N) is 2. The number of hydrogen-bond donors (Lipinski definition) is 3. The lowest BCUT2D eigenvalue weighted by Gasteiger charge is -2.12. The lowest BCUT2D eigenvalue weighted by atomic mass is 10.1. The van der Waals surface area contributed by atoms with Gasteiger partial charge in [0.15, 0.2) is 0 Å². The van der Waals surface area contributed by atoms with E-state index in [1.165, 1.54) is 6.07 Å². The number of nitrogens with zero attached hydrogens (tertiary/aromatic N) is 1. The Morgan fingerprint density at radius 2 is 2.09 bits per heavy atom. The fourth-order valence-corrected chi connectivity index (χ4v) is 2.12. The molecule has 1 amide bonds. The number of carbonyl (C=O) groups is 1. The predicted molar refractivity (Wildman–Crippen MR) is 88.0 cm³/mol. The summed E-state index contributed by atoms with van der Waals surface area (Å²) in [5.74, 6) is -0.176. The largest absolute Gasteiger partial charge is 0.395 e. The number of aromatic nitrogens is 1. The highest BCUT2D eigenvalue weighted by atomic mass is 19.1. The highest BCUT2D eigenvalue weighted by Crippen LogP contribution is 2.23. The molecule has 0 saturated carbocycles. The Morgan fingerprint density at radius 1 is 1.30 bits per heavy atom.